The first-order chi connectivity index (χ1) is 12.5. The third-order valence-corrected chi connectivity index (χ3v) is 3.89. The molecule has 0 aromatic heterocycles. The van der Waals surface area contributed by atoms with Gasteiger partial charge in [0.25, 0.3) is 11.8 Å². The van der Waals surface area contributed by atoms with Gasteiger partial charge in [0.15, 0.2) is 11.5 Å². The summed E-state index contributed by atoms with van der Waals surface area (Å²) in [6.07, 6.45) is 1.35. The monoisotopic (exact) mass is 354 g/mol. The van der Waals surface area contributed by atoms with Crippen LogP contribution >= 0.6 is 0 Å². The van der Waals surface area contributed by atoms with Crippen LogP contribution in [0.2, 0.25) is 0 Å². The van der Waals surface area contributed by atoms with Crippen LogP contribution in [0.15, 0.2) is 48.0 Å². The first-order valence-corrected chi connectivity index (χ1v) is 7.59. The van der Waals surface area contributed by atoms with E-state index in [1.165, 1.54) is 18.2 Å². The summed E-state index contributed by atoms with van der Waals surface area (Å²) in [7, 11) is 0. The third kappa shape index (κ3) is 2.67. The van der Waals surface area contributed by atoms with E-state index in [1.54, 1.807) is 18.2 Å². The van der Waals surface area contributed by atoms with E-state index in [0.717, 1.165) is 17.0 Å². The molecular formula is C18H11FN2O5. The van der Waals surface area contributed by atoms with Crippen LogP contribution in [-0.2, 0) is 9.59 Å². The van der Waals surface area contributed by atoms with Crippen LogP contribution in [0.3, 0.4) is 0 Å². The minimum atomic E-state index is -0.894. The van der Waals surface area contributed by atoms with Crippen LogP contribution in [0.5, 0.6) is 11.5 Å². The quantitative estimate of drug-likeness (QED) is 0.660. The van der Waals surface area contributed by atoms with Crippen LogP contribution in [0.1, 0.15) is 5.56 Å². The van der Waals surface area contributed by atoms with Gasteiger partial charge in [-0.3, -0.25) is 14.9 Å². The van der Waals surface area contributed by atoms with Gasteiger partial charge in [0, 0.05) is 0 Å². The Balaban J connectivity index is 1.71. The highest BCUT2D eigenvalue weighted by atomic mass is 19.1. The van der Waals surface area contributed by atoms with Crippen molar-refractivity contribution in [2.45, 2.75) is 0 Å². The van der Waals surface area contributed by atoms with Gasteiger partial charge >= 0.3 is 6.03 Å². The van der Waals surface area contributed by atoms with Gasteiger partial charge in [-0.25, -0.2) is 14.1 Å². The van der Waals surface area contributed by atoms with Gasteiger partial charge in [0.2, 0.25) is 6.79 Å². The fraction of sp³-hybridized carbons (Fsp3) is 0.0556. The average Bonchev–Trinajstić information content (AvgIpc) is 3.08. The van der Waals surface area contributed by atoms with E-state index in [9.17, 15) is 18.8 Å². The molecular weight excluding hydrogens is 343 g/mol. The molecule has 2 aliphatic heterocycles. The maximum absolute atomic E-state index is 13.1. The van der Waals surface area contributed by atoms with Gasteiger partial charge in [0.05, 0.1) is 5.69 Å². The number of barbiturate groups is 1. The van der Waals surface area contributed by atoms with E-state index in [2.05, 4.69) is 5.32 Å². The van der Waals surface area contributed by atoms with Gasteiger partial charge in [-0.2, -0.15) is 0 Å². The first-order valence-electron chi connectivity index (χ1n) is 7.59. The van der Waals surface area contributed by atoms with E-state index in [4.69, 9.17) is 9.47 Å². The topological polar surface area (TPSA) is 84.9 Å². The van der Waals surface area contributed by atoms with Crippen molar-refractivity contribution in [3.05, 3.63) is 59.4 Å². The Hall–Kier alpha value is -3.68. The number of halogens is 1. The number of anilines is 1. The normalized spacial score (nSPS) is 17.7. The molecule has 2 aromatic rings. The van der Waals surface area contributed by atoms with E-state index >= 15 is 0 Å². The standard InChI is InChI=1S/C18H11FN2O5/c19-11-2-4-12(5-3-11)21-17(23)13(16(22)20-18(21)24)7-10-1-6-14-15(8-10)26-9-25-14/h1-8H,9H2,(H,20,22,24). The summed E-state index contributed by atoms with van der Waals surface area (Å²) in [5.74, 6) is -1.06. The zero-order valence-corrected chi connectivity index (χ0v) is 13.2. The first kappa shape index (κ1) is 15.8. The fourth-order valence-electron chi connectivity index (χ4n) is 2.65. The van der Waals surface area contributed by atoms with E-state index in [-0.39, 0.29) is 18.1 Å². The van der Waals surface area contributed by atoms with Crippen LogP contribution < -0.4 is 19.7 Å². The second kappa shape index (κ2) is 5.99. The van der Waals surface area contributed by atoms with E-state index in [1.807, 2.05) is 0 Å². The zero-order chi connectivity index (χ0) is 18.3. The summed E-state index contributed by atoms with van der Waals surface area (Å²) in [6.45, 7) is 0.0988. The largest absolute Gasteiger partial charge is 0.454 e. The summed E-state index contributed by atoms with van der Waals surface area (Å²) in [4.78, 5) is 37.7. The van der Waals surface area contributed by atoms with Crippen molar-refractivity contribution in [2.24, 2.45) is 0 Å². The lowest BCUT2D eigenvalue weighted by Crippen LogP contribution is -2.54. The Bertz CT molecular complexity index is 968. The van der Waals surface area contributed by atoms with Crippen molar-refractivity contribution in [3.8, 4) is 11.5 Å². The van der Waals surface area contributed by atoms with Crippen molar-refractivity contribution in [1.82, 2.24) is 5.32 Å². The molecule has 0 bridgehead atoms. The molecule has 0 aliphatic carbocycles. The number of benzene rings is 2. The third-order valence-electron chi connectivity index (χ3n) is 3.89. The molecule has 0 spiro atoms. The van der Waals surface area contributed by atoms with Gasteiger partial charge < -0.3 is 9.47 Å². The van der Waals surface area contributed by atoms with E-state index in [0.29, 0.717) is 17.1 Å². The molecule has 7 nitrogen and oxygen atoms in total. The smallest absolute Gasteiger partial charge is 0.335 e. The molecule has 2 heterocycles. The Morgan fingerprint density at radius 2 is 1.73 bits per heavy atom. The summed E-state index contributed by atoms with van der Waals surface area (Å²) < 4.78 is 23.6. The number of ether oxygens (including phenoxy) is 2. The molecule has 0 unspecified atom stereocenters. The number of carbonyl (C=O) groups is 3. The summed E-state index contributed by atoms with van der Waals surface area (Å²) in [5, 5.41) is 2.10. The zero-order valence-electron chi connectivity index (χ0n) is 13.2. The Labute approximate surface area is 146 Å². The second-order valence-electron chi connectivity index (χ2n) is 5.55. The maximum Gasteiger partial charge on any atom is 0.335 e. The highest BCUT2D eigenvalue weighted by Crippen LogP contribution is 2.33. The highest BCUT2D eigenvalue weighted by molar-refractivity contribution is 6.39. The molecule has 1 fully saturated rings. The van der Waals surface area contributed by atoms with Crippen molar-refractivity contribution < 1.29 is 28.2 Å². The molecule has 4 rings (SSSR count). The van der Waals surface area contributed by atoms with Gasteiger partial charge in [0.1, 0.15) is 11.4 Å². The Morgan fingerprint density at radius 3 is 2.50 bits per heavy atom. The SMILES string of the molecule is O=C1NC(=O)N(c2ccc(F)cc2)C(=O)C1=Cc1ccc2c(c1)OCO2. The van der Waals surface area contributed by atoms with E-state index < -0.39 is 23.7 Å². The minimum absolute atomic E-state index is 0.0988. The molecule has 1 N–H and O–H groups in total. The van der Waals surface area contributed by atoms with Crippen LogP contribution in [0, 0.1) is 5.82 Å². The number of nitrogens with zero attached hydrogens (tertiary/aromatic N) is 1. The number of carbonyl (C=O) groups excluding carboxylic acids is 3. The molecule has 26 heavy (non-hydrogen) atoms. The number of imide groups is 2. The fourth-order valence-corrected chi connectivity index (χ4v) is 2.65. The lowest BCUT2D eigenvalue weighted by molar-refractivity contribution is -0.122. The summed E-state index contributed by atoms with van der Waals surface area (Å²) in [6, 6.07) is 8.83. The van der Waals surface area contributed by atoms with Crippen molar-refractivity contribution in [1.29, 1.82) is 0 Å². The predicted octanol–water partition coefficient (Wildman–Crippen LogP) is 2.22. The van der Waals surface area contributed by atoms with Crippen LogP contribution in [-0.4, -0.2) is 24.6 Å². The van der Waals surface area contributed by atoms with Gasteiger partial charge in [-0.05, 0) is 48.0 Å². The predicted molar refractivity (Wildman–Crippen MR) is 88.0 cm³/mol. The molecule has 130 valence electrons. The van der Waals surface area contributed by atoms with Crippen molar-refractivity contribution in [3.63, 3.8) is 0 Å². The Kier molecular flexibility index (Phi) is 3.65. The highest BCUT2D eigenvalue weighted by Gasteiger charge is 2.36. The summed E-state index contributed by atoms with van der Waals surface area (Å²) >= 11 is 0. The molecule has 1 saturated heterocycles. The average molecular weight is 354 g/mol. The van der Waals surface area contributed by atoms with Crippen molar-refractivity contribution in [2.75, 3.05) is 11.7 Å². The summed E-state index contributed by atoms with van der Waals surface area (Å²) in [5.41, 5.74) is 0.451. The molecule has 4 amide bonds. The van der Waals surface area contributed by atoms with Crippen LogP contribution in [0.25, 0.3) is 6.08 Å². The Morgan fingerprint density at radius 1 is 1.00 bits per heavy atom. The molecule has 2 aliphatic rings. The number of nitrogens with one attached hydrogen (secondary N) is 1. The number of hydrogen-bond acceptors (Lipinski definition) is 5. The maximum atomic E-state index is 13.1. The van der Waals surface area contributed by atoms with Crippen molar-refractivity contribution >= 4 is 29.6 Å². The molecule has 0 radical (unpaired) electrons. The molecule has 0 atom stereocenters. The lowest BCUT2D eigenvalue weighted by atomic mass is 10.1. The van der Waals surface area contributed by atoms with Gasteiger partial charge in [-0.1, -0.05) is 6.07 Å². The lowest BCUT2D eigenvalue weighted by Gasteiger charge is -2.26. The molecule has 0 saturated carbocycles. The number of hydrogen-bond donors (Lipinski definition) is 1. The number of amides is 4. The number of urea groups is 1. The molecule has 8 heteroatoms. The molecule has 2 aromatic carbocycles. The van der Waals surface area contributed by atoms with Crippen LogP contribution in [0.4, 0.5) is 14.9 Å². The number of fused-ring (bicyclic) bond motifs is 1. The number of rotatable bonds is 2. The van der Waals surface area contributed by atoms with Gasteiger partial charge in [-0.15, -0.1) is 0 Å². The second-order valence-corrected chi connectivity index (χ2v) is 5.55. The minimum Gasteiger partial charge on any atom is -0.454 e.